The lowest BCUT2D eigenvalue weighted by Crippen LogP contribution is -2.51. The molecule has 0 radical (unpaired) electrons. The number of amides is 3. The topological polar surface area (TPSA) is 147 Å². The van der Waals surface area contributed by atoms with Gasteiger partial charge in [-0.3, -0.25) is 19.2 Å². The number of nitrogens with one attached hydrogen (secondary N) is 2. The fraction of sp³-hybridized carbons (Fsp3) is 0.516. The third kappa shape index (κ3) is 7.25. The number of nitrogens with zero attached hydrogens (tertiary/aromatic N) is 2. The van der Waals surface area contributed by atoms with Crippen molar-refractivity contribution in [3.63, 3.8) is 0 Å². The minimum atomic E-state index is -1.15. The first-order valence-corrected chi connectivity index (χ1v) is 14.6. The Bertz CT molecular complexity index is 1290. The molecule has 3 N–H and O–H groups in total. The van der Waals surface area contributed by atoms with Gasteiger partial charge in [0, 0.05) is 19.1 Å². The Kier molecular flexibility index (Phi) is 9.06. The molecule has 5 rings (SSSR count). The highest BCUT2D eigenvalue weighted by atomic mass is 16.5. The lowest BCUT2D eigenvalue weighted by Gasteiger charge is -2.34. The molecule has 0 bridgehead atoms. The van der Waals surface area contributed by atoms with Crippen LogP contribution in [0.1, 0.15) is 79.6 Å². The Morgan fingerprint density at radius 3 is 2.48 bits per heavy atom. The van der Waals surface area contributed by atoms with Crippen LogP contribution in [-0.2, 0) is 19.1 Å². The van der Waals surface area contributed by atoms with Gasteiger partial charge in [-0.2, -0.15) is 0 Å². The van der Waals surface area contributed by atoms with Crippen molar-refractivity contribution in [2.45, 2.75) is 76.2 Å². The molecule has 11 nitrogen and oxygen atoms in total. The highest BCUT2D eigenvalue weighted by molar-refractivity contribution is 5.92. The number of aliphatic hydroxyl groups is 1. The summed E-state index contributed by atoms with van der Waals surface area (Å²) in [5.74, 6) is -0.749. The number of likely N-dealkylation sites (tertiary alicyclic amines) is 1. The Morgan fingerprint density at radius 1 is 1.10 bits per heavy atom. The SMILES string of the molecule is C[C@H](NC(=O)[C@@H](C)O)[C@H](Oc1ccc(C(=O)N[C@H]2CCCN(C(=O)[C@H]3COC(=O)C3)C2)nc1)c1ccc(C2CC2)cc1. The van der Waals surface area contributed by atoms with E-state index in [1.807, 2.05) is 19.1 Å². The molecule has 2 aromatic rings. The van der Waals surface area contributed by atoms with Gasteiger partial charge in [-0.15, -0.1) is 0 Å². The summed E-state index contributed by atoms with van der Waals surface area (Å²) >= 11 is 0. The number of hydrogen-bond acceptors (Lipinski definition) is 8. The maximum atomic E-state index is 13.0. The maximum absolute atomic E-state index is 13.0. The summed E-state index contributed by atoms with van der Waals surface area (Å²) in [6, 6.07) is 10.7. The smallest absolute Gasteiger partial charge is 0.306 e. The van der Waals surface area contributed by atoms with Gasteiger partial charge in [-0.05, 0) is 68.7 Å². The van der Waals surface area contributed by atoms with Gasteiger partial charge in [0.25, 0.3) is 5.91 Å². The van der Waals surface area contributed by atoms with E-state index in [4.69, 9.17) is 9.47 Å². The van der Waals surface area contributed by atoms with Crippen LogP contribution in [0.4, 0.5) is 0 Å². The minimum absolute atomic E-state index is 0.100. The van der Waals surface area contributed by atoms with E-state index in [2.05, 4.69) is 27.8 Å². The summed E-state index contributed by atoms with van der Waals surface area (Å²) in [4.78, 5) is 55.4. The van der Waals surface area contributed by atoms with Gasteiger partial charge in [0.05, 0.1) is 24.6 Å². The van der Waals surface area contributed by atoms with Gasteiger partial charge in [0.1, 0.15) is 30.3 Å². The minimum Gasteiger partial charge on any atom is -0.482 e. The summed E-state index contributed by atoms with van der Waals surface area (Å²) in [7, 11) is 0. The fourth-order valence-corrected chi connectivity index (χ4v) is 5.47. The van der Waals surface area contributed by atoms with E-state index in [-0.39, 0.29) is 42.5 Å². The highest BCUT2D eigenvalue weighted by Gasteiger charge is 2.35. The molecular formula is C31H38N4O7. The number of pyridine rings is 1. The van der Waals surface area contributed by atoms with Crippen molar-refractivity contribution < 1.29 is 33.8 Å². The number of esters is 1. The van der Waals surface area contributed by atoms with Gasteiger partial charge < -0.3 is 30.1 Å². The summed E-state index contributed by atoms with van der Waals surface area (Å²) in [5.41, 5.74) is 2.36. The van der Waals surface area contributed by atoms with Crippen LogP contribution in [0.5, 0.6) is 5.75 Å². The van der Waals surface area contributed by atoms with Crippen molar-refractivity contribution >= 4 is 23.7 Å². The second-order valence-electron chi connectivity index (χ2n) is 11.5. The Labute approximate surface area is 245 Å². The predicted octanol–water partition coefficient (Wildman–Crippen LogP) is 2.25. The van der Waals surface area contributed by atoms with Gasteiger partial charge in [0.2, 0.25) is 11.8 Å². The third-order valence-electron chi connectivity index (χ3n) is 8.03. The second kappa shape index (κ2) is 12.9. The monoisotopic (exact) mass is 578 g/mol. The predicted molar refractivity (Wildman–Crippen MR) is 151 cm³/mol. The maximum Gasteiger partial charge on any atom is 0.306 e. The van der Waals surface area contributed by atoms with E-state index < -0.39 is 30.1 Å². The summed E-state index contributed by atoms with van der Waals surface area (Å²) in [5, 5.41) is 15.5. The number of aliphatic hydroxyl groups excluding tert-OH is 1. The average molecular weight is 579 g/mol. The zero-order chi connectivity index (χ0) is 29.8. The van der Waals surface area contributed by atoms with Crippen molar-refractivity contribution in [2.24, 2.45) is 5.92 Å². The lowest BCUT2D eigenvalue weighted by atomic mass is 10.00. The highest BCUT2D eigenvalue weighted by Crippen LogP contribution is 2.40. The number of cyclic esters (lactones) is 1. The molecule has 0 spiro atoms. The van der Waals surface area contributed by atoms with Crippen molar-refractivity contribution in [3.05, 3.63) is 59.4 Å². The van der Waals surface area contributed by atoms with E-state index in [9.17, 15) is 24.3 Å². The van der Waals surface area contributed by atoms with Crippen LogP contribution in [-0.4, -0.2) is 76.6 Å². The number of benzene rings is 1. The molecule has 1 aliphatic carbocycles. The molecule has 3 aliphatic rings. The normalized spacial score (nSPS) is 22.5. The van der Waals surface area contributed by atoms with E-state index in [0.29, 0.717) is 24.8 Å². The number of piperidine rings is 1. The van der Waals surface area contributed by atoms with Crippen LogP contribution >= 0.6 is 0 Å². The van der Waals surface area contributed by atoms with Gasteiger partial charge >= 0.3 is 5.97 Å². The number of carbonyl (C=O) groups excluding carboxylic acids is 4. The molecule has 3 amide bonds. The number of carbonyl (C=O) groups is 4. The number of hydrogen-bond donors (Lipinski definition) is 3. The van der Waals surface area contributed by atoms with Crippen LogP contribution < -0.4 is 15.4 Å². The van der Waals surface area contributed by atoms with Crippen molar-refractivity contribution in [2.75, 3.05) is 19.7 Å². The molecule has 0 unspecified atom stereocenters. The molecule has 2 aliphatic heterocycles. The molecular weight excluding hydrogens is 540 g/mol. The molecule has 224 valence electrons. The zero-order valence-electron chi connectivity index (χ0n) is 24.0. The quantitative estimate of drug-likeness (QED) is 0.364. The van der Waals surface area contributed by atoms with Crippen molar-refractivity contribution in [1.82, 2.24) is 20.5 Å². The van der Waals surface area contributed by atoms with Crippen LogP contribution in [0.2, 0.25) is 0 Å². The molecule has 2 saturated heterocycles. The molecule has 1 aromatic carbocycles. The van der Waals surface area contributed by atoms with E-state index in [0.717, 1.165) is 18.4 Å². The standard InChI is InChI=1S/C31H38N4O7/c1-18(33-29(38)19(2)36)28(22-9-7-21(8-10-22)20-5-6-20)42-25-11-12-26(32-15-25)30(39)34-24-4-3-13-35(16-24)31(40)23-14-27(37)41-17-23/h7-12,15,18-20,23-24,28,36H,3-6,13-14,16-17H2,1-2H3,(H,33,38)(H,34,39)/t18-,19+,23+,24-,28-/m0/s1. The second-order valence-corrected chi connectivity index (χ2v) is 11.5. The summed E-state index contributed by atoms with van der Waals surface area (Å²) in [6.07, 6.45) is 3.72. The van der Waals surface area contributed by atoms with Crippen LogP contribution in [0, 0.1) is 5.92 Å². The van der Waals surface area contributed by atoms with Crippen LogP contribution in [0.3, 0.4) is 0 Å². The third-order valence-corrected chi connectivity index (χ3v) is 8.03. The van der Waals surface area contributed by atoms with Crippen molar-refractivity contribution in [3.8, 4) is 5.75 Å². The molecule has 3 fully saturated rings. The van der Waals surface area contributed by atoms with E-state index >= 15 is 0 Å². The Balaban J connectivity index is 1.21. The number of ether oxygens (including phenoxy) is 2. The summed E-state index contributed by atoms with van der Waals surface area (Å²) < 4.78 is 11.2. The zero-order valence-corrected chi connectivity index (χ0v) is 24.0. The molecule has 5 atom stereocenters. The van der Waals surface area contributed by atoms with Gasteiger partial charge in [0.15, 0.2) is 0 Å². The summed E-state index contributed by atoms with van der Waals surface area (Å²) in [6.45, 7) is 4.28. The average Bonchev–Trinajstić information content (AvgIpc) is 3.75. The fourth-order valence-electron chi connectivity index (χ4n) is 5.47. The van der Waals surface area contributed by atoms with Gasteiger partial charge in [-0.1, -0.05) is 24.3 Å². The largest absolute Gasteiger partial charge is 0.482 e. The first kappa shape index (κ1) is 29.5. The van der Waals surface area contributed by atoms with Gasteiger partial charge in [-0.25, -0.2) is 4.98 Å². The Hall–Kier alpha value is -3.99. The molecule has 3 heterocycles. The first-order chi connectivity index (χ1) is 20.2. The molecule has 1 aromatic heterocycles. The molecule has 42 heavy (non-hydrogen) atoms. The van der Waals surface area contributed by atoms with Crippen LogP contribution in [0.25, 0.3) is 0 Å². The van der Waals surface area contributed by atoms with Crippen LogP contribution in [0.15, 0.2) is 42.6 Å². The molecule has 11 heteroatoms. The number of aromatic nitrogens is 1. The number of rotatable bonds is 10. The van der Waals surface area contributed by atoms with E-state index in [1.54, 1.807) is 17.0 Å². The van der Waals surface area contributed by atoms with Crippen molar-refractivity contribution in [1.29, 1.82) is 0 Å². The molecule has 1 saturated carbocycles. The van der Waals surface area contributed by atoms with E-state index in [1.165, 1.54) is 31.5 Å². The first-order valence-electron chi connectivity index (χ1n) is 14.6. The lowest BCUT2D eigenvalue weighted by molar-refractivity contribution is -0.138. The Morgan fingerprint density at radius 2 is 1.86 bits per heavy atom.